The number of rotatable bonds is 12. The standard InChI is InChI=1S/C27H39BF2N4O5S/c1-26(2)27(3,4)39-28(38-26)22-17(29)13-16(14-18(22)30)24(36)32-12-8-7-11-31-21(35)10-6-5-9-20-23-19(15-40-20)33-25(37)34-23/h13-14,19-20,23H,5-12,15H2,1-4H3,(H,31,35)(H,32,36)(H2,33,34,37). The fraction of sp³-hybridized carbons (Fsp3) is 0.667. The number of amides is 4. The molecule has 13 heteroatoms. The Bertz CT molecular complexity index is 1090. The molecule has 3 saturated heterocycles. The van der Waals surface area contributed by atoms with Gasteiger partial charge in [-0.1, -0.05) is 6.42 Å². The zero-order valence-electron chi connectivity index (χ0n) is 23.5. The molecule has 3 atom stereocenters. The number of carbonyl (C=O) groups is 3. The smallest absolute Gasteiger partial charge is 0.399 e. The SMILES string of the molecule is CC1(C)OB(c2c(F)cc(C(=O)NCCCCNC(=O)CCCCC3SCC4NC(=O)NC43)cc2F)OC1(C)C. The first kappa shape index (κ1) is 30.6. The molecule has 0 bridgehead atoms. The predicted molar refractivity (Wildman–Crippen MR) is 151 cm³/mol. The van der Waals surface area contributed by atoms with E-state index in [0.29, 0.717) is 37.6 Å². The molecule has 3 unspecified atom stereocenters. The van der Waals surface area contributed by atoms with Crippen LogP contribution < -0.4 is 26.7 Å². The molecule has 3 heterocycles. The van der Waals surface area contributed by atoms with Gasteiger partial charge in [0.25, 0.3) is 5.91 Å². The summed E-state index contributed by atoms with van der Waals surface area (Å²) in [6, 6.07) is 2.29. The monoisotopic (exact) mass is 580 g/mol. The maximum atomic E-state index is 14.8. The number of benzene rings is 1. The fourth-order valence-corrected chi connectivity index (χ4v) is 6.59. The van der Waals surface area contributed by atoms with Gasteiger partial charge in [0.05, 0.1) is 28.7 Å². The van der Waals surface area contributed by atoms with E-state index in [1.54, 1.807) is 27.7 Å². The van der Waals surface area contributed by atoms with Gasteiger partial charge in [0.15, 0.2) is 0 Å². The summed E-state index contributed by atoms with van der Waals surface area (Å²) in [6.07, 6.45) is 4.39. The van der Waals surface area contributed by atoms with E-state index in [1.165, 1.54) is 0 Å². The van der Waals surface area contributed by atoms with E-state index in [2.05, 4.69) is 21.3 Å². The topological polar surface area (TPSA) is 118 Å². The van der Waals surface area contributed by atoms with Crippen molar-refractivity contribution in [3.05, 3.63) is 29.3 Å². The first-order valence-electron chi connectivity index (χ1n) is 14.0. The molecular formula is C27H39BF2N4O5S. The van der Waals surface area contributed by atoms with Gasteiger partial charge in [-0.05, 0) is 65.5 Å². The van der Waals surface area contributed by atoms with Gasteiger partial charge in [-0.25, -0.2) is 13.6 Å². The van der Waals surface area contributed by atoms with Gasteiger partial charge in [0.2, 0.25) is 5.91 Å². The molecule has 0 radical (unpaired) electrons. The lowest BCUT2D eigenvalue weighted by atomic mass is 9.77. The van der Waals surface area contributed by atoms with Gasteiger partial charge in [-0.3, -0.25) is 9.59 Å². The number of nitrogens with one attached hydrogen (secondary N) is 4. The van der Waals surface area contributed by atoms with Crippen molar-refractivity contribution in [3.8, 4) is 0 Å². The Morgan fingerprint density at radius 3 is 2.27 bits per heavy atom. The first-order chi connectivity index (χ1) is 18.9. The third-order valence-corrected chi connectivity index (χ3v) is 9.63. The molecule has 4 N–H and O–H groups in total. The van der Waals surface area contributed by atoms with E-state index in [0.717, 1.165) is 37.1 Å². The average Bonchev–Trinajstić information content (AvgIpc) is 3.48. The van der Waals surface area contributed by atoms with Crippen molar-refractivity contribution in [2.75, 3.05) is 18.8 Å². The van der Waals surface area contributed by atoms with Gasteiger partial charge in [0.1, 0.15) is 11.6 Å². The van der Waals surface area contributed by atoms with Crippen molar-refractivity contribution in [3.63, 3.8) is 0 Å². The number of urea groups is 1. The predicted octanol–water partition coefficient (Wildman–Crippen LogP) is 2.62. The number of halogens is 2. The molecule has 40 heavy (non-hydrogen) atoms. The molecule has 4 rings (SSSR count). The molecule has 1 aromatic carbocycles. The Morgan fingerprint density at radius 2 is 1.62 bits per heavy atom. The first-order valence-corrected chi connectivity index (χ1v) is 15.0. The van der Waals surface area contributed by atoms with Gasteiger partial charge < -0.3 is 30.6 Å². The molecule has 3 aliphatic heterocycles. The summed E-state index contributed by atoms with van der Waals surface area (Å²) in [5.41, 5.74) is -1.98. The second-order valence-corrected chi connectivity index (χ2v) is 12.9. The van der Waals surface area contributed by atoms with Crippen molar-refractivity contribution < 1.29 is 32.5 Å². The maximum absolute atomic E-state index is 14.8. The van der Waals surface area contributed by atoms with Crippen LogP contribution in [0, 0.1) is 11.6 Å². The number of hydrogen-bond acceptors (Lipinski definition) is 6. The highest BCUT2D eigenvalue weighted by Crippen LogP contribution is 2.37. The molecule has 0 spiro atoms. The maximum Gasteiger partial charge on any atom is 0.500 e. The number of thioether (sulfide) groups is 1. The number of unbranched alkanes of at least 4 members (excludes halogenated alkanes) is 2. The van der Waals surface area contributed by atoms with Crippen molar-refractivity contribution in [1.82, 2.24) is 21.3 Å². The van der Waals surface area contributed by atoms with Gasteiger partial charge in [0, 0.05) is 36.1 Å². The van der Waals surface area contributed by atoms with Crippen LogP contribution in [0.3, 0.4) is 0 Å². The number of fused-ring (bicyclic) bond motifs is 1. The quantitative estimate of drug-likeness (QED) is 0.172. The normalized spacial score (nSPS) is 24.4. The molecule has 3 aliphatic rings. The van der Waals surface area contributed by atoms with Crippen LogP contribution in [0.4, 0.5) is 13.6 Å². The Morgan fingerprint density at radius 1 is 1.00 bits per heavy atom. The summed E-state index contributed by atoms with van der Waals surface area (Å²) in [5, 5.41) is 11.9. The molecule has 9 nitrogen and oxygen atoms in total. The van der Waals surface area contributed by atoms with Crippen LogP contribution in [0.1, 0.15) is 76.6 Å². The molecule has 0 aliphatic carbocycles. The summed E-state index contributed by atoms with van der Waals surface area (Å²) >= 11 is 1.87. The van der Waals surface area contributed by atoms with Crippen LogP contribution in [-0.4, -0.2) is 72.3 Å². The van der Waals surface area contributed by atoms with Gasteiger partial charge in [-0.2, -0.15) is 11.8 Å². The second-order valence-electron chi connectivity index (χ2n) is 11.6. The zero-order chi connectivity index (χ0) is 29.1. The summed E-state index contributed by atoms with van der Waals surface area (Å²) in [6.45, 7) is 7.96. The summed E-state index contributed by atoms with van der Waals surface area (Å²) in [7, 11) is -1.20. The van der Waals surface area contributed by atoms with Gasteiger partial charge in [-0.15, -0.1) is 0 Å². The lowest BCUT2D eigenvalue weighted by molar-refractivity contribution is -0.121. The number of hydrogen-bond donors (Lipinski definition) is 4. The van der Waals surface area contributed by atoms with Gasteiger partial charge >= 0.3 is 13.1 Å². The molecular weight excluding hydrogens is 541 g/mol. The summed E-state index contributed by atoms with van der Waals surface area (Å²) < 4.78 is 41.1. The van der Waals surface area contributed by atoms with Crippen LogP contribution in [0.25, 0.3) is 0 Å². The van der Waals surface area contributed by atoms with E-state index in [4.69, 9.17) is 9.31 Å². The average molecular weight is 581 g/mol. The third kappa shape index (κ3) is 7.09. The van der Waals surface area contributed by atoms with E-state index >= 15 is 0 Å². The van der Waals surface area contributed by atoms with Crippen LogP contribution >= 0.6 is 11.8 Å². The Balaban J connectivity index is 1.09. The minimum atomic E-state index is -1.20. The Labute approximate surface area is 238 Å². The largest absolute Gasteiger partial charge is 0.500 e. The van der Waals surface area contributed by atoms with Crippen molar-refractivity contribution in [2.24, 2.45) is 0 Å². The molecule has 1 aromatic rings. The second kappa shape index (κ2) is 12.6. The van der Waals surface area contributed by atoms with E-state index in [-0.39, 0.29) is 35.0 Å². The molecule has 220 valence electrons. The van der Waals surface area contributed by atoms with E-state index in [9.17, 15) is 23.2 Å². The highest BCUT2D eigenvalue weighted by Gasteiger charge is 2.53. The lowest BCUT2D eigenvalue weighted by Gasteiger charge is -2.32. The minimum Gasteiger partial charge on any atom is -0.399 e. The Hall–Kier alpha value is -2.38. The fourth-order valence-electron chi connectivity index (χ4n) is 5.05. The van der Waals surface area contributed by atoms with Crippen LogP contribution in [-0.2, 0) is 14.1 Å². The van der Waals surface area contributed by atoms with Crippen LogP contribution in [0.15, 0.2) is 12.1 Å². The van der Waals surface area contributed by atoms with E-state index in [1.807, 2.05) is 11.8 Å². The van der Waals surface area contributed by atoms with Crippen LogP contribution in [0.2, 0.25) is 0 Å². The summed E-state index contributed by atoms with van der Waals surface area (Å²) in [5.74, 6) is -1.47. The minimum absolute atomic E-state index is 0.00939. The van der Waals surface area contributed by atoms with Crippen LogP contribution in [0.5, 0.6) is 0 Å². The molecule has 3 fully saturated rings. The highest BCUT2D eigenvalue weighted by atomic mass is 32.2. The van der Waals surface area contributed by atoms with E-state index < -0.39 is 35.9 Å². The molecule has 0 aromatic heterocycles. The highest BCUT2D eigenvalue weighted by molar-refractivity contribution is 8.00. The van der Waals surface area contributed by atoms with Crippen molar-refractivity contribution >= 4 is 42.2 Å². The number of carbonyl (C=O) groups excluding carboxylic acids is 3. The zero-order valence-corrected chi connectivity index (χ0v) is 24.3. The third-order valence-electron chi connectivity index (χ3n) is 8.12. The lowest BCUT2D eigenvalue weighted by Crippen LogP contribution is -2.41. The molecule has 0 saturated carbocycles. The molecule has 4 amide bonds. The summed E-state index contributed by atoms with van der Waals surface area (Å²) in [4.78, 5) is 36.0. The van der Waals surface area contributed by atoms with Crippen molar-refractivity contribution in [2.45, 2.75) is 94.8 Å². The Kier molecular flexibility index (Phi) is 9.67. The van der Waals surface area contributed by atoms with Crippen molar-refractivity contribution in [1.29, 1.82) is 0 Å².